The van der Waals surface area contributed by atoms with Crippen LogP contribution in [0, 0.1) is 0 Å². The molecule has 0 aromatic carbocycles. The molecule has 3 nitrogen and oxygen atoms in total. The van der Waals surface area contributed by atoms with Crippen LogP contribution in [-0.2, 0) is 9.73 Å². The maximum atomic E-state index is 11.5. The Morgan fingerprint density at radius 1 is 1.58 bits per heavy atom. The van der Waals surface area contributed by atoms with Gasteiger partial charge in [-0.1, -0.05) is 6.92 Å². The third-order valence-electron chi connectivity index (χ3n) is 2.54. The molecule has 0 saturated heterocycles. The standard InChI is InChI=1S/C8H18N2OS/c1-3-12(2,11)10-7-8(9)5-4-6-8/h3-7,9H2,1-2H3. The lowest BCUT2D eigenvalue weighted by Crippen LogP contribution is -2.49. The Bertz CT molecular complexity index is 262. The van der Waals surface area contributed by atoms with Gasteiger partial charge in [0.05, 0.1) is 6.54 Å². The highest BCUT2D eigenvalue weighted by Gasteiger charge is 2.32. The Morgan fingerprint density at radius 3 is 2.50 bits per heavy atom. The van der Waals surface area contributed by atoms with Crippen LogP contribution in [0.1, 0.15) is 26.2 Å². The van der Waals surface area contributed by atoms with Gasteiger partial charge in [-0.2, -0.15) is 0 Å². The molecule has 12 heavy (non-hydrogen) atoms. The van der Waals surface area contributed by atoms with Gasteiger partial charge in [-0.15, -0.1) is 0 Å². The third kappa shape index (κ3) is 2.45. The molecule has 0 aromatic heterocycles. The Hall–Kier alpha value is -0.0900. The van der Waals surface area contributed by atoms with Crippen molar-refractivity contribution in [3.05, 3.63) is 0 Å². The minimum Gasteiger partial charge on any atom is -0.324 e. The van der Waals surface area contributed by atoms with Crippen LogP contribution in [0.5, 0.6) is 0 Å². The van der Waals surface area contributed by atoms with E-state index in [4.69, 9.17) is 5.73 Å². The van der Waals surface area contributed by atoms with E-state index in [1.54, 1.807) is 6.26 Å². The lowest BCUT2D eigenvalue weighted by Gasteiger charge is -2.36. The number of nitrogens with two attached hydrogens (primary N) is 1. The molecule has 1 aliphatic carbocycles. The molecule has 0 aliphatic heterocycles. The van der Waals surface area contributed by atoms with Gasteiger partial charge in [0.2, 0.25) is 0 Å². The van der Waals surface area contributed by atoms with Gasteiger partial charge >= 0.3 is 0 Å². The van der Waals surface area contributed by atoms with Crippen LogP contribution in [0.25, 0.3) is 0 Å². The van der Waals surface area contributed by atoms with E-state index in [0.717, 1.165) is 12.8 Å². The zero-order chi connectivity index (χ0) is 9.24. The normalized spacial score (nSPS) is 25.6. The number of rotatable bonds is 3. The van der Waals surface area contributed by atoms with Crippen LogP contribution in [-0.4, -0.2) is 28.3 Å². The molecule has 72 valence electrons. The van der Waals surface area contributed by atoms with Crippen molar-refractivity contribution in [1.82, 2.24) is 0 Å². The first-order valence-electron chi connectivity index (χ1n) is 4.42. The fourth-order valence-corrected chi connectivity index (χ4v) is 1.86. The molecule has 0 amide bonds. The molecule has 0 bridgehead atoms. The molecule has 1 atom stereocenters. The van der Waals surface area contributed by atoms with E-state index in [2.05, 4.69) is 4.36 Å². The van der Waals surface area contributed by atoms with Crippen molar-refractivity contribution in [2.45, 2.75) is 31.7 Å². The predicted octanol–water partition coefficient (Wildman–Crippen LogP) is 0.985. The van der Waals surface area contributed by atoms with E-state index >= 15 is 0 Å². The molecule has 0 heterocycles. The van der Waals surface area contributed by atoms with E-state index in [1.165, 1.54) is 6.42 Å². The van der Waals surface area contributed by atoms with E-state index in [0.29, 0.717) is 12.3 Å². The van der Waals surface area contributed by atoms with Crippen LogP contribution >= 0.6 is 0 Å². The molecule has 0 radical (unpaired) electrons. The number of hydrogen-bond donors (Lipinski definition) is 1. The second-order valence-corrected chi connectivity index (χ2v) is 6.51. The summed E-state index contributed by atoms with van der Waals surface area (Å²) in [4.78, 5) is 0. The van der Waals surface area contributed by atoms with Crippen LogP contribution in [0.3, 0.4) is 0 Å². The van der Waals surface area contributed by atoms with Crippen molar-refractivity contribution < 1.29 is 4.21 Å². The molecule has 1 unspecified atom stereocenters. The summed E-state index contributed by atoms with van der Waals surface area (Å²) in [5.41, 5.74) is 5.83. The monoisotopic (exact) mass is 190 g/mol. The van der Waals surface area contributed by atoms with Crippen LogP contribution in [0.2, 0.25) is 0 Å². The number of hydrogen-bond acceptors (Lipinski definition) is 3. The average Bonchev–Trinajstić information content (AvgIpc) is 1.98. The third-order valence-corrected chi connectivity index (χ3v) is 4.28. The van der Waals surface area contributed by atoms with Gasteiger partial charge < -0.3 is 5.73 Å². The first kappa shape index (κ1) is 9.99. The zero-order valence-electron chi connectivity index (χ0n) is 7.88. The molecule has 1 aliphatic rings. The van der Waals surface area contributed by atoms with Crippen LogP contribution < -0.4 is 5.73 Å². The van der Waals surface area contributed by atoms with Crippen molar-refractivity contribution >= 4 is 9.73 Å². The van der Waals surface area contributed by atoms with E-state index in [1.807, 2.05) is 6.92 Å². The summed E-state index contributed by atoms with van der Waals surface area (Å²) in [7, 11) is -1.93. The van der Waals surface area contributed by atoms with Crippen LogP contribution in [0.15, 0.2) is 4.36 Å². The molecule has 0 aromatic rings. The van der Waals surface area contributed by atoms with Gasteiger partial charge in [0, 0.05) is 27.3 Å². The van der Waals surface area contributed by atoms with E-state index in [-0.39, 0.29) is 5.54 Å². The predicted molar refractivity (Wildman–Crippen MR) is 52.7 cm³/mol. The van der Waals surface area contributed by atoms with E-state index < -0.39 is 9.73 Å². The highest BCUT2D eigenvalue weighted by atomic mass is 32.2. The summed E-state index contributed by atoms with van der Waals surface area (Å²) in [5.74, 6) is 0.628. The van der Waals surface area contributed by atoms with Crippen molar-refractivity contribution in [1.29, 1.82) is 0 Å². The topological polar surface area (TPSA) is 55.5 Å². The van der Waals surface area contributed by atoms with Gasteiger partial charge in [-0.25, -0.2) is 4.36 Å². The smallest absolute Gasteiger partial charge is 0.0664 e. The summed E-state index contributed by atoms with van der Waals surface area (Å²) in [5, 5.41) is 0. The maximum Gasteiger partial charge on any atom is 0.0664 e. The molecular weight excluding hydrogens is 172 g/mol. The molecule has 2 N–H and O–H groups in total. The zero-order valence-corrected chi connectivity index (χ0v) is 8.69. The average molecular weight is 190 g/mol. The quantitative estimate of drug-likeness (QED) is 0.721. The van der Waals surface area contributed by atoms with Gasteiger partial charge in [0.15, 0.2) is 0 Å². The van der Waals surface area contributed by atoms with Crippen LogP contribution in [0.4, 0.5) is 0 Å². The summed E-state index contributed by atoms with van der Waals surface area (Å²) >= 11 is 0. The summed E-state index contributed by atoms with van der Waals surface area (Å²) in [6.45, 7) is 2.48. The first-order chi connectivity index (χ1) is 5.47. The first-order valence-corrected chi connectivity index (χ1v) is 6.51. The second-order valence-electron chi connectivity index (χ2n) is 3.75. The molecule has 1 saturated carbocycles. The summed E-state index contributed by atoms with van der Waals surface area (Å²) in [6, 6.07) is 0. The van der Waals surface area contributed by atoms with Crippen molar-refractivity contribution in [3.8, 4) is 0 Å². The minimum atomic E-state index is -1.93. The lowest BCUT2D eigenvalue weighted by atomic mass is 9.78. The minimum absolute atomic E-state index is 0.117. The fourth-order valence-electron chi connectivity index (χ4n) is 1.15. The SMILES string of the molecule is CCS(C)(=O)=NCC1(N)CCC1. The van der Waals surface area contributed by atoms with Crippen molar-refractivity contribution in [2.75, 3.05) is 18.6 Å². The summed E-state index contributed by atoms with van der Waals surface area (Å²) in [6.07, 6.45) is 4.98. The second kappa shape index (κ2) is 3.34. The van der Waals surface area contributed by atoms with E-state index in [9.17, 15) is 4.21 Å². The fraction of sp³-hybridized carbons (Fsp3) is 1.00. The van der Waals surface area contributed by atoms with Gasteiger partial charge in [0.1, 0.15) is 0 Å². The Balaban J connectivity index is 2.53. The Kier molecular flexibility index (Phi) is 2.78. The van der Waals surface area contributed by atoms with Crippen molar-refractivity contribution in [3.63, 3.8) is 0 Å². The summed E-state index contributed by atoms with van der Waals surface area (Å²) < 4.78 is 15.7. The Labute approximate surface area is 74.9 Å². The molecule has 1 fully saturated rings. The van der Waals surface area contributed by atoms with Gasteiger partial charge in [-0.3, -0.25) is 4.21 Å². The highest BCUT2D eigenvalue weighted by molar-refractivity contribution is 7.92. The molecule has 1 rings (SSSR count). The highest BCUT2D eigenvalue weighted by Crippen LogP contribution is 2.29. The Morgan fingerprint density at radius 2 is 2.17 bits per heavy atom. The maximum absolute atomic E-state index is 11.5. The lowest BCUT2D eigenvalue weighted by molar-refractivity contribution is 0.260. The molecule has 0 spiro atoms. The van der Waals surface area contributed by atoms with Gasteiger partial charge in [0.25, 0.3) is 0 Å². The molecular formula is C8H18N2OS. The van der Waals surface area contributed by atoms with Gasteiger partial charge in [-0.05, 0) is 19.3 Å². The molecule has 4 heteroatoms. The largest absolute Gasteiger partial charge is 0.324 e. The number of nitrogens with zero attached hydrogens (tertiary/aromatic N) is 1. The van der Waals surface area contributed by atoms with Crippen molar-refractivity contribution in [2.24, 2.45) is 10.1 Å².